The third kappa shape index (κ3) is 4.53. The van der Waals surface area contributed by atoms with Crippen LogP contribution in [0.2, 0.25) is 0 Å². The molecule has 5 nitrogen and oxygen atoms in total. The molecule has 8 heteroatoms. The van der Waals surface area contributed by atoms with E-state index in [1.807, 2.05) is 6.07 Å². The zero-order valence-corrected chi connectivity index (χ0v) is 14.2. The molecule has 2 heterocycles. The van der Waals surface area contributed by atoms with Crippen LogP contribution in [0.15, 0.2) is 15.9 Å². The van der Waals surface area contributed by atoms with Gasteiger partial charge in [0.25, 0.3) is 5.91 Å². The Bertz CT molecular complexity index is 569. The van der Waals surface area contributed by atoms with Gasteiger partial charge in [0, 0.05) is 18.0 Å². The summed E-state index contributed by atoms with van der Waals surface area (Å²) in [6.45, 7) is 3.51. The first-order valence-electron chi connectivity index (χ1n) is 6.29. The van der Waals surface area contributed by atoms with Gasteiger partial charge in [0.15, 0.2) is 0 Å². The van der Waals surface area contributed by atoms with Gasteiger partial charge in [-0.1, -0.05) is 18.3 Å². The summed E-state index contributed by atoms with van der Waals surface area (Å²) in [6.07, 6.45) is 1.83. The standard InChI is InChI=1S/C12H15BrN4OS2/c1-2-6-15-12-17-16-11(20-12)10(18)14-7-5-8-3-4-9(13)19-8/h3-4H,2,5-7H2,1H3,(H,14,18)(H,15,17). The van der Waals surface area contributed by atoms with Gasteiger partial charge in [-0.3, -0.25) is 4.79 Å². The van der Waals surface area contributed by atoms with E-state index >= 15 is 0 Å². The van der Waals surface area contributed by atoms with E-state index in [0.717, 1.165) is 23.2 Å². The molecule has 0 aliphatic heterocycles. The summed E-state index contributed by atoms with van der Waals surface area (Å²) in [4.78, 5) is 13.1. The number of carbonyl (C=O) groups is 1. The van der Waals surface area contributed by atoms with E-state index in [0.29, 0.717) is 16.7 Å². The molecule has 20 heavy (non-hydrogen) atoms. The van der Waals surface area contributed by atoms with Gasteiger partial charge in [-0.2, -0.15) is 0 Å². The van der Waals surface area contributed by atoms with Crippen LogP contribution in [0.5, 0.6) is 0 Å². The van der Waals surface area contributed by atoms with E-state index in [-0.39, 0.29) is 5.91 Å². The molecule has 0 saturated carbocycles. The van der Waals surface area contributed by atoms with Crippen LogP contribution in [0.3, 0.4) is 0 Å². The summed E-state index contributed by atoms with van der Waals surface area (Å²) in [5, 5.41) is 14.9. The van der Waals surface area contributed by atoms with E-state index in [1.165, 1.54) is 16.2 Å². The summed E-state index contributed by atoms with van der Waals surface area (Å²) in [5.41, 5.74) is 0. The first kappa shape index (κ1) is 15.4. The monoisotopic (exact) mass is 374 g/mol. The maximum absolute atomic E-state index is 11.9. The predicted molar refractivity (Wildman–Crippen MR) is 86.7 cm³/mol. The molecule has 0 aliphatic rings. The Morgan fingerprint density at radius 2 is 2.15 bits per heavy atom. The van der Waals surface area contributed by atoms with Gasteiger partial charge in [-0.25, -0.2) is 0 Å². The Morgan fingerprint density at radius 1 is 1.30 bits per heavy atom. The topological polar surface area (TPSA) is 66.9 Å². The maximum Gasteiger partial charge on any atom is 0.282 e. The fourth-order valence-electron chi connectivity index (χ4n) is 1.48. The van der Waals surface area contributed by atoms with Crippen LogP contribution in [0.1, 0.15) is 28.0 Å². The van der Waals surface area contributed by atoms with Crippen LogP contribution >= 0.6 is 38.6 Å². The number of hydrogen-bond donors (Lipinski definition) is 2. The van der Waals surface area contributed by atoms with Gasteiger partial charge in [-0.15, -0.1) is 21.5 Å². The van der Waals surface area contributed by atoms with Crippen LogP contribution in [0.25, 0.3) is 0 Å². The van der Waals surface area contributed by atoms with E-state index in [2.05, 4.69) is 49.8 Å². The van der Waals surface area contributed by atoms with Crippen LogP contribution < -0.4 is 10.6 Å². The number of nitrogens with one attached hydrogen (secondary N) is 2. The Balaban J connectivity index is 1.78. The van der Waals surface area contributed by atoms with Gasteiger partial charge < -0.3 is 10.6 Å². The lowest BCUT2D eigenvalue weighted by Crippen LogP contribution is -2.25. The number of thiophene rings is 1. The Labute approximate surface area is 133 Å². The summed E-state index contributed by atoms with van der Waals surface area (Å²) in [7, 11) is 0. The molecule has 0 bridgehead atoms. The quantitative estimate of drug-likeness (QED) is 0.780. The highest BCUT2D eigenvalue weighted by molar-refractivity contribution is 9.11. The lowest BCUT2D eigenvalue weighted by Gasteiger charge is -2.00. The Kier molecular flexibility index (Phi) is 5.93. The molecule has 2 aromatic rings. The molecule has 108 valence electrons. The van der Waals surface area contributed by atoms with Gasteiger partial charge in [0.05, 0.1) is 3.79 Å². The van der Waals surface area contributed by atoms with Crippen molar-refractivity contribution >= 4 is 49.6 Å². The van der Waals surface area contributed by atoms with Crippen LogP contribution in [0.4, 0.5) is 5.13 Å². The fourth-order valence-corrected chi connectivity index (χ4v) is 3.65. The van der Waals surface area contributed by atoms with Gasteiger partial charge in [0.1, 0.15) is 0 Å². The van der Waals surface area contributed by atoms with Gasteiger partial charge >= 0.3 is 0 Å². The molecule has 0 spiro atoms. The number of halogens is 1. The molecule has 0 aliphatic carbocycles. The number of nitrogens with zero attached hydrogens (tertiary/aromatic N) is 2. The van der Waals surface area contributed by atoms with Gasteiger partial charge in [0.2, 0.25) is 10.1 Å². The van der Waals surface area contributed by atoms with Crippen molar-refractivity contribution in [2.45, 2.75) is 19.8 Å². The Hall–Kier alpha value is -0.990. The molecule has 0 saturated heterocycles. The van der Waals surface area contributed by atoms with Crippen molar-refractivity contribution in [2.75, 3.05) is 18.4 Å². The highest BCUT2D eigenvalue weighted by Crippen LogP contribution is 2.22. The minimum atomic E-state index is -0.164. The third-order valence-electron chi connectivity index (χ3n) is 2.43. The SMILES string of the molecule is CCCNc1nnc(C(=O)NCCc2ccc(Br)s2)s1. The van der Waals surface area contributed by atoms with E-state index in [1.54, 1.807) is 11.3 Å². The molecule has 2 N–H and O–H groups in total. The first-order chi connectivity index (χ1) is 9.69. The summed E-state index contributed by atoms with van der Waals surface area (Å²) in [5.74, 6) is -0.164. The fraction of sp³-hybridized carbons (Fsp3) is 0.417. The molecule has 0 radical (unpaired) electrons. The zero-order valence-electron chi connectivity index (χ0n) is 11.0. The molecule has 1 amide bonds. The number of hydrogen-bond acceptors (Lipinski definition) is 6. The van der Waals surface area contributed by atoms with Gasteiger partial charge in [-0.05, 0) is 40.9 Å². The minimum Gasteiger partial charge on any atom is -0.360 e. The first-order valence-corrected chi connectivity index (χ1v) is 8.71. The van der Waals surface area contributed by atoms with Crippen molar-refractivity contribution in [1.82, 2.24) is 15.5 Å². The second kappa shape index (κ2) is 7.70. The molecule has 0 aromatic carbocycles. The third-order valence-corrected chi connectivity index (χ3v) is 4.99. The number of amides is 1. The minimum absolute atomic E-state index is 0.164. The zero-order chi connectivity index (χ0) is 14.4. The van der Waals surface area contributed by atoms with Crippen molar-refractivity contribution in [3.05, 3.63) is 25.8 Å². The normalized spacial score (nSPS) is 10.5. The predicted octanol–water partition coefficient (Wildman–Crippen LogP) is 3.16. The highest BCUT2D eigenvalue weighted by Gasteiger charge is 2.12. The molecule has 2 aromatic heterocycles. The summed E-state index contributed by atoms with van der Waals surface area (Å²) < 4.78 is 1.11. The maximum atomic E-state index is 11.9. The van der Waals surface area contributed by atoms with Crippen LogP contribution in [-0.2, 0) is 6.42 Å². The average Bonchev–Trinajstić information content (AvgIpc) is 3.05. The van der Waals surface area contributed by atoms with E-state index < -0.39 is 0 Å². The number of anilines is 1. The lowest BCUT2D eigenvalue weighted by molar-refractivity contribution is 0.0953. The highest BCUT2D eigenvalue weighted by atomic mass is 79.9. The molecule has 2 rings (SSSR count). The lowest BCUT2D eigenvalue weighted by atomic mass is 10.3. The average molecular weight is 375 g/mol. The molecule has 0 atom stereocenters. The van der Waals surface area contributed by atoms with Crippen molar-refractivity contribution < 1.29 is 4.79 Å². The molecular formula is C12H15BrN4OS2. The molecule has 0 fully saturated rings. The Morgan fingerprint density at radius 3 is 2.85 bits per heavy atom. The summed E-state index contributed by atoms with van der Waals surface area (Å²) in [6, 6.07) is 4.07. The summed E-state index contributed by atoms with van der Waals surface area (Å²) >= 11 is 6.38. The van der Waals surface area contributed by atoms with Crippen molar-refractivity contribution in [3.63, 3.8) is 0 Å². The second-order valence-electron chi connectivity index (χ2n) is 4.05. The number of carbonyl (C=O) groups excluding carboxylic acids is 1. The van der Waals surface area contributed by atoms with Crippen molar-refractivity contribution in [3.8, 4) is 0 Å². The van der Waals surface area contributed by atoms with Crippen molar-refractivity contribution in [2.24, 2.45) is 0 Å². The van der Waals surface area contributed by atoms with Crippen LogP contribution in [-0.4, -0.2) is 29.2 Å². The molecular weight excluding hydrogens is 360 g/mol. The second-order valence-corrected chi connectivity index (χ2v) is 7.58. The number of rotatable bonds is 7. The molecule has 0 unspecified atom stereocenters. The van der Waals surface area contributed by atoms with E-state index in [4.69, 9.17) is 0 Å². The van der Waals surface area contributed by atoms with E-state index in [9.17, 15) is 4.79 Å². The largest absolute Gasteiger partial charge is 0.360 e. The number of aromatic nitrogens is 2. The van der Waals surface area contributed by atoms with Crippen molar-refractivity contribution in [1.29, 1.82) is 0 Å². The van der Waals surface area contributed by atoms with Crippen LogP contribution in [0, 0.1) is 0 Å². The smallest absolute Gasteiger partial charge is 0.282 e.